The molecule has 0 aliphatic heterocycles. The fourth-order valence-electron chi connectivity index (χ4n) is 2.70. The number of halogens is 4. The van der Waals surface area contributed by atoms with Gasteiger partial charge in [0.1, 0.15) is 23.3 Å². The van der Waals surface area contributed by atoms with Crippen LogP contribution in [0.5, 0.6) is 0 Å². The first-order chi connectivity index (χ1) is 12.9. The number of allylic oxidation sites excluding steroid dienone is 2. The molecule has 0 radical (unpaired) electrons. The van der Waals surface area contributed by atoms with Gasteiger partial charge in [-0.05, 0) is 24.5 Å². The average Bonchev–Trinajstić information content (AvgIpc) is 2.65. The van der Waals surface area contributed by atoms with Crippen molar-refractivity contribution in [1.29, 1.82) is 0 Å². The lowest BCUT2D eigenvalue weighted by molar-refractivity contribution is 0.112. The maximum absolute atomic E-state index is 15.8. The molecular formula is C18H13F4N3OS. The zero-order valence-corrected chi connectivity index (χ0v) is 14.7. The first-order valence-electron chi connectivity index (χ1n) is 7.71. The summed E-state index contributed by atoms with van der Waals surface area (Å²) in [5, 5.41) is 2.94. The number of nitrogens with zero attached hydrogens (tertiary/aromatic N) is 2. The number of alkyl halides is 1. The molecule has 1 aromatic heterocycles. The molecule has 1 heterocycles. The van der Waals surface area contributed by atoms with Crippen molar-refractivity contribution in [3.63, 3.8) is 0 Å². The van der Waals surface area contributed by atoms with Gasteiger partial charge in [-0.25, -0.2) is 27.5 Å². The molecule has 1 N–H and O–H groups in total. The molecule has 3 rings (SSSR count). The van der Waals surface area contributed by atoms with Crippen LogP contribution in [0.3, 0.4) is 0 Å². The Morgan fingerprint density at radius 1 is 1.30 bits per heavy atom. The van der Waals surface area contributed by atoms with Crippen molar-refractivity contribution in [2.45, 2.75) is 16.9 Å². The number of thioether (sulfide) groups is 1. The number of benzene rings is 1. The average molecular weight is 395 g/mol. The van der Waals surface area contributed by atoms with Crippen molar-refractivity contribution in [3.8, 4) is 0 Å². The SMILES string of the molecule is CSc1ncc(C=O)c(NC2C=CC=C(F)C2(F)c2ccc(F)cc2F)n1. The van der Waals surface area contributed by atoms with Gasteiger partial charge in [-0.15, -0.1) is 0 Å². The maximum Gasteiger partial charge on any atom is 0.213 e. The van der Waals surface area contributed by atoms with Gasteiger partial charge in [-0.1, -0.05) is 23.9 Å². The summed E-state index contributed by atoms with van der Waals surface area (Å²) in [6, 6.07) is 0.730. The lowest BCUT2D eigenvalue weighted by atomic mass is 9.83. The van der Waals surface area contributed by atoms with E-state index in [0.717, 1.165) is 18.2 Å². The van der Waals surface area contributed by atoms with Gasteiger partial charge in [0.25, 0.3) is 0 Å². The Bertz CT molecular complexity index is 950. The lowest BCUT2D eigenvalue weighted by Crippen LogP contribution is -2.42. The number of carbonyl (C=O) groups is 1. The Balaban J connectivity index is 2.07. The summed E-state index contributed by atoms with van der Waals surface area (Å²) in [6.45, 7) is 0. The van der Waals surface area contributed by atoms with Gasteiger partial charge < -0.3 is 5.32 Å². The summed E-state index contributed by atoms with van der Waals surface area (Å²) in [5.41, 5.74) is -3.61. The Labute approximate surface area is 156 Å². The molecule has 0 amide bonds. The second kappa shape index (κ2) is 7.51. The van der Waals surface area contributed by atoms with E-state index in [1.165, 1.54) is 30.1 Å². The van der Waals surface area contributed by atoms with E-state index < -0.39 is 34.7 Å². The van der Waals surface area contributed by atoms with Gasteiger partial charge in [0.2, 0.25) is 5.67 Å². The molecular weight excluding hydrogens is 382 g/mol. The molecule has 0 spiro atoms. The summed E-state index contributed by atoms with van der Waals surface area (Å²) >= 11 is 1.19. The molecule has 2 unspecified atom stereocenters. The fraction of sp³-hybridized carbons (Fsp3) is 0.167. The van der Waals surface area contributed by atoms with Gasteiger partial charge in [-0.2, -0.15) is 0 Å². The Kier molecular flexibility index (Phi) is 5.31. The third-order valence-electron chi connectivity index (χ3n) is 4.04. The molecule has 2 aromatic rings. The number of nitrogens with one attached hydrogen (secondary N) is 1. The zero-order chi connectivity index (χ0) is 19.6. The predicted molar refractivity (Wildman–Crippen MR) is 94.1 cm³/mol. The molecule has 27 heavy (non-hydrogen) atoms. The highest BCUT2D eigenvalue weighted by Gasteiger charge is 2.48. The van der Waals surface area contributed by atoms with E-state index in [0.29, 0.717) is 17.5 Å². The highest BCUT2D eigenvalue weighted by molar-refractivity contribution is 7.98. The second-order valence-corrected chi connectivity index (χ2v) is 6.41. The van der Waals surface area contributed by atoms with E-state index in [4.69, 9.17) is 0 Å². The van der Waals surface area contributed by atoms with E-state index in [1.807, 2.05) is 0 Å². The minimum Gasteiger partial charge on any atom is -0.359 e. The van der Waals surface area contributed by atoms with Gasteiger partial charge in [0, 0.05) is 17.8 Å². The third-order valence-corrected chi connectivity index (χ3v) is 4.60. The Hall–Kier alpha value is -2.68. The third kappa shape index (κ3) is 3.46. The standard InChI is InChI=1S/C18H13F4N3OS/c1-27-17-23-8-10(9-26)16(25-17)24-15-4-2-3-14(21)18(15,22)12-6-5-11(19)7-13(12)20/h2-9,15H,1H3,(H,23,24,25). The highest BCUT2D eigenvalue weighted by Crippen LogP contribution is 2.43. The summed E-state index contributed by atoms with van der Waals surface area (Å²) in [6.07, 6.45) is 6.78. The molecule has 1 aromatic carbocycles. The van der Waals surface area contributed by atoms with Crippen LogP contribution < -0.4 is 5.32 Å². The molecule has 0 saturated heterocycles. The zero-order valence-electron chi connectivity index (χ0n) is 13.9. The minimum atomic E-state index is -2.96. The second-order valence-electron chi connectivity index (χ2n) is 5.64. The van der Waals surface area contributed by atoms with Crippen LogP contribution in [0.15, 0.2) is 53.6 Å². The van der Waals surface area contributed by atoms with Crippen molar-refractivity contribution in [3.05, 3.63) is 71.2 Å². The van der Waals surface area contributed by atoms with Crippen LogP contribution in [-0.4, -0.2) is 28.6 Å². The van der Waals surface area contributed by atoms with E-state index in [-0.39, 0.29) is 11.4 Å². The van der Waals surface area contributed by atoms with Crippen molar-refractivity contribution < 1.29 is 22.4 Å². The monoisotopic (exact) mass is 395 g/mol. The maximum atomic E-state index is 15.8. The Morgan fingerprint density at radius 3 is 2.74 bits per heavy atom. The van der Waals surface area contributed by atoms with Crippen molar-refractivity contribution >= 4 is 23.9 Å². The molecule has 0 bridgehead atoms. The van der Waals surface area contributed by atoms with Crippen LogP contribution in [0.2, 0.25) is 0 Å². The van der Waals surface area contributed by atoms with Gasteiger partial charge in [-0.3, -0.25) is 4.79 Å². The number of aromatic nitrogens is 2. The summed E-state index contributed by atoms with van der Waals surface area (Å²) < 4.78 is 57.7. The van der Waals surface area contributed by atoms with Crippen molar-refractivity contribution in [2.24, 2.45) is 0 Å². The molecule has 1 aliphatic rings. The number of rotatable bonds is 5. The summed E-state index contributed by atoms with van der Waals surface area (Å²) in [7, 11) is 0. The van der Waals surface area contributed by atoms with Crippen LogP contribution in [0.4, 0.5) is 23.4 Å². The number of hydrogen-bond donors (Lipinski definition) is 1. The largest absolute Gasteiger partial charge is 0.359 e. The number of anilines is 1. The van der Waals surface area contributed by atoms with E-state index in [2.05, 4.69) is 15.3 Å². The summed E-state index contributed by atoms with van der Waals surface area (Å²) in [4.78, 5) is 19.3. The van der Waals surface area contributed by atoms with Crippen LogP contribution in [0, 0.1) is 11.6 Å². The quantitative estimate of drug-likeness (QED) is 0.353. The Morgan fingerprint density at radius 2 is 2.07 bits per heavy atom. The molecule has 1 aliphatic carbocycles. The molecule has 140 valence electrons. The van der Waals surface area contributed by atoms with E-state index in [9.17, 15) is 18.0 Å². The smallest absolute Gasteiger partial charge is 0.213 e. The summed E-state index contributed by atoms with van der Waals surface area (Å²) in [5.74, 6) is -3.44. The molecule has 9 heteroatoms. The van der Waals surface area contributed by atoms with Crippen molar-refractivity contribution in [1.82, 2.24) is 9.97 Å². The van der Waals surface area contributed by atoms with Gasteiger partial charge in [0.15, 0.2) is 11.4 Å². The molecule has 0 fully saturated rings. The normalized spacial score (nSPS) is 21.7. The number of hydrogen-bond acceptors (Lipinski definition) is 5. The first-order valence-corrected chi connectivity index (χ1v) is 8.94. The first kappa shape index (κ1) is 19.1. The van der Waals surface area contributed by atoms with Crippen LogP contribution in [-0.2, 0) is 5.67 Å². The molecule has 4 nitrogen and oxygen atoms in total. The molecule has 2 atom stereocenters. The van der Waals surface area contributed by atoms with E-state index >= 15 is 4.39 Å². The highest BCUT2D eigenvalue weighted by atomic mass is 32.2. The van der Waals surface area contributed by atoms with E-state index in [1.54, 1.807) is 6.26 Å². The van der Waals surface area contributed by atoms with Crippen molar-refractivity contribution in [2.75, 3.05) is 11.6 Å². The lowest BCUT2D eigenvalue weighted by Gasteiger charge is -2.34. The van der Waals surface area contributed by atoms with Crippen LogP contribution in [0.25, 0.3) is 0 Å². The predicted octanol–water partition coefficient (Wildman–Crippen LogP) is 4.36. The number of aldehydes is 1. The number of carbonyl (C=O) groups excluding carboxylic acids is 1. The minimum absolute atomic E-state index is 0.0260. The topological polar surface area (TPSA) is 54.9 Å². The van der Waals surface area contributed by atoms with Crippen LogP contribution in [0.1, 0.15) is 15.9 Å². The van der Waals surface area contributed by atoms with Gasteiger partial charge >= 0.3 is 0 Å². The fourth-order valence-corrected chi connectivity index (χ4v) is 3.04. The van der Waals surface area contributed by atoms with Gasteiger partial charge in [0.05, 0.1) is 11.6 Å². The molecule has 0 saturated carbocycles. The van der Waals surface area contributed by atoms with Crippen LogP contribution >= 0.6 is 11.8 Å².